The average Bonchev–Trinajstić information content (AvgIpc) is 2.71. The predicted molar refractivity (Wildman–Crippen MR) is 53.0 cm³/mol. The first-order valence-corrected chi connectivity index (χ1v) is 5.93. The molecule has 1 unspecified atom stereocenters. The standard InChI is InChI=1S/C9H9BrOS/c10-9-8-6(5-1-2-5)3-11-7(8)4-12-9/h4-6H,1-3H2. The predicted octanol–water partition coefficient (Wildman–Crippen LogP) is 3.40. The van der Waals surface area contributed by atoms with Crippen molar-refractivity contribution in [1.82, 2.24) is 0 Å². The summed E-state index contributed by atoms with van der Waals surface area (Å²) in [6, 6.07) is 0. The zero-order chi connectivity index (χ0) is 8.13. The molecule has 1 nitrogen and oxygen atoms in total. The lowest BCUT2D eigenvalue weighted by molar-refractivity contribution is 0.320. The molecule has 1 aliphatic heterocycles. The van der Waals surface area contributed by atoms with E-state index >= 15 is 0 Å². The summed E-state index contributed by atoms with van der Waals surface area (Å²) in [4.78, 5) is 0. The monoisotopic (exact) mass is 244 g/mol. The van der Waals surface area contributed by atoms with Crippen LogP contribution in [-0.2, 0) is 0 Å². The fourth-order valence-corrected chi connectivity index (χ4v) is 3.46. The van der Waals surface area contributed by atoms with Gasteiger partial charge >= 0.3 is 0 Å². The second-order valence-corrected chi connectivity index (χ2v) is 5.74. The van der Waals surface area contributed by atoms with Gasteiger partial charge in [-0.25, -0.2) is 0 Å². The smallest absolute Gasteiger partial charge is 0.134 e. The van der Waals surface area contributed by atoms with Gasteiger partial charge in [0.2, 0.25) is 0 Å². The fourth-order valence-electron chi connectivity index (χ4n) is 1.90. The molecule has 1 aromatic heterocycles. The van der Waals surface area contributed by atoms with Gasteiger partial charge in [0.05, 0.1) is 10.4 Å². The Morgan fingerprint density at radius 1 is 1.50 bits per heavy atom. The molecule has 64 valence electrons. The van der Waals surface area contributed by atoms with Crippen LogP contribution in [0.25, 0.3) is 0 Å². The molecule has 0 spiro atoms. The lowest BCUT2D eigenvalue weighted by Crippen LogP contribution is -2.02. The van der Waals surface area contributed by atoms with Crippen molar-refractivity contribution in [1.29, 1.82) is 0 Å². The second-order valence-electron chi connectivity index (χ2n) is 3.54. The van der Waals surface area contributed by atoms with Crippen molar-refractivity contribution in [2.24, 2.45) is 5.92 Å². The Balaban J connectivity index is 2.04. The minimum absolute atomic E-state index is 0.695. The molecule has 0 aromatic carbocycles. The molecule has 0 radical (unpaired) electrons. The Kier molecular flexibility index (Phi) is 1.53. The van der Waals surface area contributed by atoms with Crippen molar-refractivity contribution in [3.05, 3.63) is 14.7 Å². The van der Waals surface area contributed by atoms with Crippen LogP contribution in [-0.4, -0.2) is 6.61 Å². The van der Waals surface area contributed by atoms with Crippen LogP contribution in [0.5, 0.6) is 5.75 Å². The topological polar surface area (TPSA) is 9.23 Å². The summed E-state index contributed by atoms with van der Waals surface area (Å²) in [5, 5.41) is 2.11. The fraction of sp³-hybridized carbons (Fsp3) is 0.556. The van der Waals surface area contributed by atoms with Crippen LogP contribution in [0.1, 0.15) is 24.3 Å². The molecule has 3 rings (SSSR count). The molecule has 0 bridgehead atoms. The molecule has 0 amide bonds. The van der Waals surface area contributed by atoms with Gasteiger partial charge in [-0.15, -0.1) is 11.3 Å². The molecule has 12 heavy (non-hydrogen) atoms. The van der Waals surface area contributed by atoms with Gasteiger partial charge in [0.15, 0.2) is 0 Å². The summed E-state index contributed by atoms with van der Waals surface area (Å²) in [6.07, 6.45) is 2.80. The molecule has 2 heterocycles. The quantitative estimate of drug-likeness (QED) is 0.736. The van der Waals surface area contributed by atoms with E-state index in [9.17, 15) is 0 Å². The highest BCUT2D eigenvalue weighted by Crippen LogP contribution is 2.52. The number of halogens is 1. The van der Waals surface area contributed by atoms with Crippen LogP contribution >= 0.6 is 27.3 Å². The van der Waals surface area contributed by atoms with Gasteiger partial charge in [-0.05, 0) is 34.7 Å². The van der Waals surface area contributed by atoms with E-state index in [0.29, 0.717) is 5.92 Å². The van der Waals surface area contributed by atoms with Crippen molar-refractivity contribution >= 4 is 27.3 Å². The molecular formula is C9H9BrOS. The number of rotatable bonds is 1. The first-order chi connectivity index (χ1) is 5.86. The zero-order valence-corrected chi connectivity index (χ0v) is 8.95. The maximum Gasteiger partial charge on any atom is 0.134 e. The molecular weight excluding hydrogens is 236 g/mol. The van der Waals surface area contributed by atoms with E-state index in [4.69, 9.17) is 4.74 Å². The van der Waals surface area contributed by atoms with Gasteiger partial charge in [0.1, 0.15) is 5.75 Å². The third-order valence-electron chi connectivity index (χ3n) is 2.73. The van der Waals surface area contributed by atoms with Crippen LogP contribution in [0, 0.1) is 5.92 Å². The molecule has 1 fully saturated rings. The minimum Gasteiger partial charge on any atom is -0.492 e. The van der Waals surface area contributed by atoms with Crippen LogP contribution < -0.4 is 4.74 Å². The van der Waals surface area contributed by atoms with Gasteiger partial charge in [0, 0.05) is 16.9 Å². The van der Waals surface area contributed by atoms with E-state index in [1.54, 1.807) is 11.3 Å². The molecule has 1 saturated carbocycles. The largest absolute Gasteiger partial charge is 0.492 e. The lowest BCUT2D eigenvalue weighted by atomic mass is 10.00. The Labute approximate surface area is 83.9 Å². The van der Waals surface area contributed by atoms with Gasteiger partial charge in [-0.3, -0.25) is 0 Å². The van der Waals surface area contributed by atoms with E-state index in [-0.39, 0.29) is 0 Å². The molecule has 2 aliphatic rings. The lowest BCUT2D eigenvalue weighted by Gasteiger charge is -2.04. The molecule has 0 N–H and O–H groups in total. The molecule has 3 heteroatoms. The molecule has 0 saturated heterocycles. The molecule has 1 aliphatic carbocycles. The van der Waals surface area contributed by atoms with Gasteiger partial charge in [-0.2, -0.15) is 0 Å². The van der Waals surface area contributed by atoms with Crippen molar-refractivity contribution in [2.75, 3.05) is 6.61 Å². The van der Waals surface area contributed by atoms with E-state index < -0.39 is 0 Å². The van der Waals surface area contributed by atoms with Crippen molar-refractivity contribution < 1.29 is 4.74 Å². The van der Waals surface area contributed by atoms with E-state index in [1.165, 1.54) is 22.2 Å². The van der Waals surface area contributed by atoms with Crippen LogP contribution in [0.3, 0.4) is 0 Å². The Morgan fingerprint density at radius 2 is 2.33 bits per heavy atom. The average molecular weight is 245 g/mol. The summed E-state index contributed by atoms with van der Waals surface area (Å²) < 4.78 is 6.90. The summed E-state index contributed by atoms with van der Waals surface area (Å²) in [7, 11) is 0. The van der Waals surface area contributed by atoms with Gasteiger partial charge in [-0.1, -0.05) is 0 Å². The van der Waals surface area contributed by atoms with E-state index in [0.717, 1.165) is 18.3 Å². The van der Waals surface area contributed by atoms with Crippen molar-refractivity contribution in [2.45, 2.75) is 18.8 Å². The van der Waals surface area contributed by atoms with Crippen molar-refractivity contribution in [3.63, 3.8) is 0 Å². The Bertz CT molecular complexity index is 316. The number of ether oxygens (including phenoxy) is 1. The first kappa shape index (κ1) is 7.39. The maximum atomic E-state index is 5.61. The molecule has 1 atom stereocenters. The number of hydrogen-bond acceptors (Lipinski definition) is 2. The van der Waals surface area contributed by atoms with E-state index in [1.807, 2.05) is 0 Å². The number of fused-ring (bicyclic) bond motifs is 1. The first-order valence-electron chi connectivity index (χ1n) is 4.26. The third kappa shape index (κ3) is 0.958. The normalized spacial score (nSPS) is 26.9. The highest BCUT2D eigenvalue weighted by atomic mass is 79.9. The Morgan fingerprint density at radius 3 is 3.08 bits per heavy atom. The molecule has 1 aromatic rings. The second kappa shape index (κ2) is 2.48. The number of thiophene rings is 1. The van der Waals surface area contributed by atoms with E-state index in [2.05, 4.69) is 21.3 Å². The summed E-state index contributed by atoms with van der Waals surface area (Å²) in [6.45, 7) is 0.918. The van der Waals surface area contributed by atoms with Gasteiger partial charge in [0.25, 0.3) is 0 Å². The summed E-state index contributed by atoms with van der Waals surface area (Å²) in [5.41, 5.74) is 1.45. The van der Waals surface area contributed by atoms with Gasteiger partial charge < -0.3 is 4.74 Å². The van der Waals surface area contributed by atoms with Crippen LogP contribution in [0.15, 0.2) is 9.17 Å². The Hall–Kier alpha value is -0.0200. The highest BCUT2D eigenvalue weighted by molar-refractivity contribution is 9.11. The van der Waals surface area contributed by atoms with Crippen LogP contribution in [0.4, 0.5) is 0 Å². The maximum absolute atomic E-state index is 5.61. The zero-order valence-electron chi connectivity index (χ0n) is 6.55. The summed E-state index contributed by atoms with van der Waals surface area (Å²) >= 11 is 5.34. The van der Waals surface area contributed by atoms with Crippen molar-refractivity contribution in [3.8, 4) is 5.75 Å². The van der Waals surface area contributed by atoms with Crippen LogP contribution in [0.2, 0.25) is 0 Å². The SMILES string of the molecule is Brc1scc2c1C(C1CC1)CO2. The number of hydrogen-bond donors (Lipinski definition) is 0. The summed E-state index contributed by atoms with van der Waals surface area (Å²) in [5.74, 6) is 2.74. The minimum atomic E-state index is 0.695. The highest BCUT2D eigenvalue weighted by Gasteiger charge is 2.39. The third-order valence-corrected chi connectivity index (χ3v) is 4.47.